The highest BCUT2D eigenvalue weighted by Gasteiger charge is 2.19. The number of nitrogens with one attached hydrogen (secondary N) is 2. The first-order valence-electron chi connectivity index (χ1n) is 9.55. The van der Waals surface area contributed by atoms with Gasteiger partial charge in [-0.15, -0.1) is 0 Å². The van der Waals surface area contributed by atoms with Crippen molar-refractivity contribution >= 4 is 28.3 Å². The Bertz CT molecular complexity index is 1270. The topological polar surface area (TPSA) is 73.9 Å². The maximum Gasteiger partial charge on any atom is 0.276 e. The van der Waals surface area contributed by atoms with Gasteiger partial charge in [-0.05, 0) is 36.2 Å². The van der Waals surface area contributed by atoms with Crippen LogP contribution in [0.15, 0.2) is 54.7 Å². The van der Waals surface area contributed by atoms with Gasteiger partial charge in [-0.2, -0.15) is 5.10 Å². The van der Waals surface area contributed by atoms with Crippen LogP contribution in [0.2, 0.25) is 0 Å². The van der Waals surface area contributed by atoms with Gasteiger partial charge >= 0.3 is 0 Å². The second kappa shape index (κ2) is 7.22. The molecule has 30 heavy (non-hydrogen) atoms. The Hall–Kier alpha value is -3.81. The van der Waals surface area contributed by atoms with E-state index in [4.69, 9.17) is 0 Å². The molecule has 1 aliphatic rings. The molecule has 1 aliphatic heterocycles. The molecule has 1 amide bonds. The van der Waals surface area contributed by atoms with Crippen LogP contribution in [0.5, 0.6) is 0 Å². The summed E-state index contributed by atoms with van der Waals surface area (Å²) >= 11 is 0. The van der Waals surface area contributed by atoms with E-state index in [9.17, 15) is 13.6 Å². The third kappa shape index (κ3) is 3.16. The van der Waals surface area contributed by atoms with E-state index in [1.54, 1.807) is 30.5 Å². The Morgan fingerprint density at radius 1 is 1.10 bits per heavy atom. The van der Waals surface area contributed by atoms with Crippen LogP contribution in [-0.2, 0) is 0 Å². The Kier molecular flexibility index (Phi) is 4.39. The predicted molar refractivity (Wildman–Crippen MR) is 110 cm³/mol. The summed E-state index contributed by atoms with van der Waals surface area (Å²) in [6.07, 6.45) is 2.78. The van der Waals surface area contributed by atoms with Crippen molar-refractivity contribution in [3.05, 3.63) is 72.1 Å². The van der Waals surface area contributed by atoms with Gasteiger partial charge < -0.3 is 10.2 Å². The largest absolute Gasteiger partial charge is 0.356 e. The molecule has 0 unspecified atom stereocenters. The van der Waals surface area contributed by atoms with E-state index in [0.29, 0.717) is 22.2 Å². The molecule has 0 atom stereocenters. The first kappa shape index (κ1) is 18.2. The summed E-state index contributed by atoms with van der Waals surface area (Å²) in [4.78, 5) is 19.3. The van der Waals surface area contributed by atoms with Crippen molar-refractivity contribution in [3.8, 4) is 11.1 Å². The van der Waals surface area contributed by atoms with Crippen molar-refractivity contribution in [2.45, 2.75) is 6.42 Å². The number of hydrogen-bond acceptors (Lipinski definition) is 4. The fourth-order valence-electron chi connectivity index (χ4n) is 3.49. The summed E-state index contributed by atoms with van der Waals surface area (Å²) in [5.74, 6) is -1.44. The molecule has 0 saturated carbocycles. The van der Waals surface area contributed by atoms with Crippen LogP contribution in [-0.4, -0.2) is 34.2 Å². The third-order valence-corrected chi connectivity index (χ3v) is 5.22. The zero-order valence-electron chi connectivity index (χ0n) is 15.8. The Labute approximate surface area is 170 Å². The summed E-state index contributed by atoms with van der Waals surface area (Å²) in [5.41, 5.74) is 1.99. The van der Waals surface area contributed by atoms with Crippen molar-refractivity contribution in [1.82, 2.24) is 15.2 Å². The minimum Gasteiger partial charge on any atom is -0.356 e. The van der Waals surface area contributed by atoms with Gasteiger partial charge in [-0.3, -0.25) is 9.89 Å². The second-order valence-corrected chi connectivity index (χ2v) is 7.13. The minimum atomic E-state index is -0.929. The van der Waals surface area contributed by atoms with Crippen LogP contribution < -0.4 is 10.2 Å². The maximum atomic E-state index is 14.2. The maximum absolute atomic E-state index is 14.2. The number of benzene rings is 2. The molecule has 5 rings (SSSR count). The molecule has 2 N–H and O–H groups in total. The van der Waals surface area contributed by atoms with Crippen molar-refractivity contribution in [2.75, 3.05) is 23.3 Å². The Balaban J connectivity index is 1.47. The quantitative estimate of drug-likeness (QED) is 0.529. The lowest BCUT2D eigenvalue weighted by Gasteiger charge is -2.32. The SMILES string of the molecule is O=C(Nc1ccnc(N2CCC2)c1)c1n[nH]c2ccc(-c3cccc(F)c3F)cc12. The highest BCUT2D eigenvalue weighted by atomic mass is 19.2. The molecule has 0 aliphatic carbocycles. The van der Waals surface area contributed by atoms with E-state index >= 15 is 0 Å². The van der Waals surface area contributed by atoms with Gasteiger partial charge in [0.1, 0.15) is 5.82 Å². The molecule has 2 aromatic heterocycles. The van der Waals surface area contributed by atoms with E-state index in [1.165, 1.54) is 12.1 Å². The molecule has 0 radical (unpaired) electrons. The first-order valence-corrected chi connectivity index (χ1v) is 9.55. The highest BCUT2D eigenvalue weighted by molar-refractivity contribution is 6.11. The normalized spacial score (nSPS) is 13.3. The van der Waals surface area contributed by atoms with E-state index in [-0.39, 0.29) is 11.3 Å². The number of carbonyl (C=O) groups excluding carboxylic acids is 1. The van der Waals surface area contributed by atoms with Gasteiger partial charge in [0.05, 0.1) is 5.52 Å². The second-order valence-electron chi connectivity index (χ2n) is 7.13. The highest BCUT2D eigenvalue weighted by Crippen LogP contribution is 2.29. The fourth-order valence-corrected chi connectivity index (χ4v) is 3.49. The standard InChI is InChI=1S/C22H17F2N5O/c23-17-4-1-3-15(20(17)24)13-5-6-18-16(11-13)21(28-27-18)22(30)26-14-7-8-25-19(12-14)29-9-2-10-29/h1,3-8,11-12H,2,9-10H2,(H,27,28)(H,25,26,30). The number of H-pyrrole nitrogens is 1. The monoisotopic (exact) mass is 405 g/mol. The van der Waals surface area contributed by atoms with Gasteiger partial charge in [0.25, 0.3) is 5.91 Å². The van der Waals surface area contributed by atoms with Crippen LogP contribution in [0.3, 0.4) is 0 Å². The number of fused-ring (bicyclic) bond motifs is 1. The average molecular weight is 405 g/mol. The Morgan fingerprint density at radius 3 is 2.77 bits per heavy atom. The van der Waals surface area contributed by atoms with E-state index in [0.717, 1.165) is 31.4 Å². The lowest BCUT2D eigenvalue weighted by atomic mass is 10.0. The number of amides is 1. The van der Waals surface area contributed by atoms with Crippen molar-refractivity contribution in [3.63, 3.8) is 0 Å². The number of anilines is 2. The minimum absolute atomic E-state index is 0.123. The number of aromatic nitrogens is 3. The third-order valence-electron chi connectivity index (χ3n) is 5.22. The van der Waals surface area contributed by atoms with Crippen LogP contribution in [0.25, 0.3) is 22.0 Å². The van der Waals surface area contributed by atoms with Gasteiger partial charge in [-0.25, -0.2) is 13.8 Å². The molecule has 0 bridgehead atoms. The molecule has 150 valence electrons. The van der Waals surface area contributed by atoms with Gasteiger partial charge in [0.15, 0.2) is 17.3 Å². The molecule has 0 spiro atoms. The van der Waals surface area contributed by atoms with Crippen molar-refractivity contribution in [2.24, 2.45) is 0 Å². The van der Waals surface area contributed by atoms with E-state index < -0.39 is 17.5 Å². The zero-order valence-corrected chi connectivity index (χ0v) is 15.8. The molecule has 1 fully saturated rings. The lowest BCUT2D eigenvalue weighted by Crippen LogP contribution is -2.37. The van der Waals surface area contributed by atoms with Crippen LogP contribution in [0, 0.1) is 11.6 Å². The van der Waals surface area contributed by atoms with Crippen LogP contribution >= 0.6 is 0 Å². The van der Waals surface area contributed by atoms with Gasteiger partial charge in [0.2, 0.25) is 0 Å². The van der Waals surface area contributed by atoms with Crippen molar-refractivity contribution in [1.29, 1.82) is 0 Å². The van der Waals surface area contributed by atoms with Crippen molar-refractivity contribution < 1.29 is 13.6 Å². The molecule has 4 aromatic rings. The predicted octanol–water partition coefficient (Wildman–Crippen LogP) is 4.37. The summed E-state index contributed by atoms with van der Waals surface area (Å²) in [6, 6.07) is 12.5. The molecule has 6 nitrogen and oxygen atoms in total. The molecule has 8 heteroatoms. The zero-order chi connectivity index (χ0) is 20.7. The molecule has 3 heterocycles. The van der Waals surface area contributed by atoms with Crippen LogP contribution in [0.1, 0.15) is 16.9 Å². The van der Waals surface area contributed by atoms with E-state index in [1.807, 2.05) is 6.07 Å². The average Bonchev–Trinajstić information content (AvgIpc) is 3.12. The molecule has 1 saturated heterocycles. The fraction of sp³-hybridized carbons (Fsp3) is 0.136. The smallest absolute Gasteiger partial charge is 0.276 e. The summed E-state index contributed by atoms with van der Waals surface area (Å²) < 4.78 is 27.8. The number of rotatable bonds is 4. The molecular weight excluding hydrogens is 388 g/mol. The summed E-state index contributed by atoms with van der Waals surface area (Å²) in [5, 5.41) is 10.3. The number of nitrogens with zero attached hydrogens (tertiary/aromatic N) is 3. The first-order chi connectivity index (χ1) is 14.6. The molecule has 2 aromatic carbocycles. The van der Waals surface area contributed by atoms with Crippen LogP contribution in [0.4, 0.5) is 20.3 Å². The number of aromatic amines is 1. The van der Waals surface area contributed by atoms with Gasteiger partial charge in [0, 0.05) is 42.0 Å². The number of carbonyl (C=O) groups is 1. The molecular formula is C22H17F2N5O. The lowest BCUT2D eigenvalue weighted by molar-refractivity contribution is 0.102. The number of halogens is 2. The summed E-state index contributed by atoms with van der Waals surface area (Å²) in [6.45, 7) is 1.90. The summed E-state index contributed by atoms with van der Waals surface area (Å²) in [7, 11) is 0. The van der Waals surface area contributed by atoms with E-state index in [2.05, 4.69) is 25.4 Å². The number of hydrogen-bond donors (Lipinski definition) is 2. The van der Waals surface area contributed by atoms with Gasteiger partial charge in [-0.1, -0.05) is 18.2 Å². The Morgan fingerprint density at radius 2 is 1.97 bits per heavy atom. The number of pyridine rings is 1.